The number of carbonyl (C=O) groups is 1. The molecule has 0 bridgehead atoms. The van der Waals surface area contributed by atoms with Crippen molar-refractivity contribution in [2.24, 2.45) is 0 Å². The molecule has 3 aromatic rings. The minimum absolute atomic E-state index is 0.0876. The van der Waals surface area contributed by atoms with Crippen molar-refractivity contribution in [3.8, 4) is 11.3 Å². The average molecular weight is 326 g/mol. The number of hydrogen-bond donors (Lipinski definition) is 1. The summed E-state index contributed by atoms with van der Waals surface area (Å²) in [5.74, 6) is 0.0431. The van der Waals surface area contributed by atoms with E-state index in [0.29, 0.717) is 16.3 Å². The topological polar surface area (TPSA) is 59.3 Å². The normalized spacial score (nSPS) is 10.3. The van der Waals surface area contributed by atoms with Crippen LogP contribution < -0.4 is 10.9 Å². The first-order valence-corrected chi connectivity index (χ1v) is 7.28. The van der Waals surface area contributed by atoms with Crippen LogP contribution in [0.25, 0.3) is 11.3 Å². The summed E-state index contributed by atoms with van der Waals surface area (Å²) in [4.78, 5) is 24.1. The highest BCUT2D eigenvalue weighted by Crippen LogP contribution is 2.18. The highest BCUT2D eigenvalue weighted by molar-refractivity contribution is 6.30. The van der Waals surface area contributed by atoms with Gasteiger partial charge in [-0.15, -0.1) is 0 Å². The third-order valence-corrected chi connectivity index (χ3v) is 3.49. The van der Waals surface area contributed by atoms with Crippen LogP contribution >= 0.6 is 11.6 Å². The van der Waals surface area contributed by atoms with Gasteiger partial charge >= 0.3 is 5.63 Å². The van der Waals surface area contributed by atoms with Crippen molar-refractivity contribution in [2.45, 2.75) is 0 Å². The maximum absolute atomic E-state index is 12.1. The second-order valence-electron chi connectivity index (χ2n) is 4.83. The highest BCUT2D eigenvalue weighted by atomic mass is 35.5. The highest BCUT2D eigenvalue weighted by Gasteiger charge is 2.10. The maximum atomic E-state index is 12.1. The van der Waals surface area contributed by atoms with E-state index in [9.17, 15) is 9.59 Å². The van der Waals surface area contributed by atoms with Gasteiger partial charge < -0.3 is 9.73 Å². The molecule has 0 radical (unpaired) electrons. The average Bonchev–Trinajstić information content (AvgIpc) is 2.58. The predicted molar refractivity (Wildman–Crippen MR) is 89.8 cm³/mol. The molecule has 0 fully saturated rings. The predicted octanol–water partition coefficient (Wildman–Crippen LogP) is 4.21. The van der Waals surface area contributed by atoms with Crippen molar-refractivity contribution in [1.82, 2.24) is 0 Å². The summed E-state index contributed by atoms with van der Waals surface area (Å²) in [7, 11) is 0. The van der Waals surface area contributed by atoms with Gasteiger partial charge in [0.1, 0.15) is 11.4 Å². The number of amides is 1. The van der Waals surface area contributed by atoms with Crippen molar-refractivity contribution >= 4 is 23.2 Å². The summed E-state index contributed by atoms with van der Waals surface area (Å²) in [5, 5.41) is 3.07. The summed E-state index contributed by atoms with van der Waals surface area (Å²) >= 11 is 5.78. The van der Waals surface area contributed by atoms with Gasteiger partial charge in [-0.3, -0.25) is 4.79 Å². The largest absolute Gasteiger partial charge is 0.421 e. The van der Waals surface area contributed by atoms with Crippen molar-refractivity contribution < 1.29 is 9.21 Å². The van der Waals surface area contributed by atoms with Gasteiger partial charge in [0, 0.05) is 16.1 Å². The van der Waals surface area contributed by atoms with E-state index in [2.05, 4.69) is 5.32 Å². The Bertz CT molecular complexity index is 886. The van der Waals surface area contributed by atoms with E-state index in [1.54, 1.807) is 30.3 Å². The molecule has 1 aromatic heterocycles. The zero-order valence-electron chi connectivity index (χ0n) is 12.0. The zero-order chi connectivity index (χ0) is 16.2. The summed E-state index contributed by atoms with van der Waals surface area (Å²) in [6.45, 7) is 0. The summed E-state index contributed by atoms with van der Waals surface area (Å²) < 4.78 is 5.26. The van der Waals surface area contributed by atoms with Crippen molar-refractivity contribution in [1.29, 1.82) is 0 Å². The molecule has 23 heavy (non-hydrogen) atoms. The summed E-state index contributed by atoms with van der Waals surface area (Å²) in [5.41, 5.74) is 0.680. The number of halogens is 1. The second-order valence-corrected chi connectivity index (χ2v) is 5.26. The first-order valence-electron chi connectivity index (χ1n) is 6.90. The van der Waals surface area contributed by atoms with Crippen LogP contribution in [0, 0.1) is 0 Å². The summed E-state index contributed by atoms with van der Waals surface area (Å²) in [6, 6.07) is 18.8. The van der Waals surface area contributed by atoms with E-state index >= 15 is 0 Å². The molecule has 0 aliphatic rings. The molecule has 0 saturated carbocycles. The van der Waals surface area contributed by atoms with Crippen molar-refractivity contribution in [3.63, 3.8) is 0 Å². The number of carbonyl (C=O) groups excluding carboxylic acids is 1. The van der Waals surface area contributed by atoms with Crippen LogP contribution in [0.15, 0.2) is 75.9 Å². The lowest BCUT2D eigenvalue weighted by Crippen LogP contribution is -2.17. The third-order valence-electron chi connectivity index (χ3n) is 3.24. The van der Waals surface area contributed by atoms with E-state index in [0.717, 1.165) is 5.56 Å². The smallest absolute Gasteiger partial charge is 0.360 e. The molecule has 1 amide bonds. The Kier molecular flexibility index (Phi) is 4.26. The van der Waals surface area contributed by atoms with Crippen LogP contribution in [0.1, 0.15) is 10.4 Å². The Labute approximate surface area is 137 Å². The summed E-state index contributed by atoms with van der Waals surface area (Å²) in [6.07, 6.45) is 0. The molecule has 0 unspecified atom stereocenters. The Morgan fingerprint density at radius 3 is 2.26 bits per heavy atom. The second kappa shape index (κ2) is 6.50. The van der Waals surface area contributed by atoms with Crippen molar-refractivity contribution in [2.75, 3.05) is 5.32 Å². The lowest BCUT2D eigenvalue weighted by molar-refractivity contribution is 0.102. The van der Waals surface area contributed by atoms with Gasteiger partial charge in [-0.2, -0.15) is 0 Å². The van der Waals surface area contributed by atoms with Crippen LogP contribution in [-0.4, -0.2) is 5.91 Å². The van der Waals surface area contributed by atoms with Gasteiger partial charge in [0.15, 0.2) is 0 Å². The van der Waals surface area contributed by atoms with Gasteiger partial charge in [0.2, 0.25) is 0 Å². The van der Waals surface area contributed by atoms with Gasteiger partial charge in [-0.05, 0) is 36.4 Å². The first kappa shape index (κ1) is 15.1. The lowest BCUT2D eigenvalue weighted by atomic mass is 10.1. The molecule has 2 aromatic carbocycles. The maximum Gasteiger partial charge on any atom is 0.360 e. The molecular formula is C18H12ClNO3. The molecular weight excluding hydrogens is 314 g/mol. The third kappa shape index (κ3) is 3.49. The molecule has 114 valence electrons. The SMILES string of the molecule is O=C(Nc1ccc(-c2ccccc2)oc1=O)c1ccc(Cl)cc1. The number of benzene rings is 2. The number of anilines is 1. The monoisotopic (exact) mass is 325 g/mol. The number of nitrogens with one attached hydrogen (secondary N) is 1. The van der Waals surface area contributed by atoms with Crippen LogP contribution in [0.2, 0.25) is 5.02 Å². The van der Waals surface area contributed by atoms with Gasteiger partial charge in [0.25, 0.3) is 5.91 Å². The van der Waals surface area contributed by atoms with Crippen LogP contribution in [0.4, 0.5) is 5.69 Å². The fraction of sp³-hybridized carbons (Fsp3) is 0. The Morgan fingerprint density at radius 2 is 1.61 bits per heavy atom. The van der Waals surface area contributed by atoms with E-state index < -0.39 is 11.5 Å². The molecule has 0 aliphatic heterocycles. The van der Waals surface area contributed by atoms with Gasteiger partial charge in [0.05, 0.1) is 0 Å². The number of rotatable bonds is 3. The molecule has 4 nitrogen and oxygen atoms in total. The molecule has 5 heteroatoms. The van der Waals surface area contributed by atoms with Gasteiger partial charge in [-0.1, -0.05) is 41.9 Å². The van der Waals surface area contributed by atoms with Crippen molar-refractivity contribution in [3.05, 3.63) is 87.7 Å². The van der Waals surface area contributed by atoms with Crippen LogP contribution in [-0.2, 0) is 0 Å². The minimum atomic E-state index is -0.603. The van der Waals surface area contributed by atoms with Crippen LogP contribution in [0.3, 0.4) is 0 Å². The standard InChI is InChI=1S/C18H12ClNO3/c19-14-8-6-13(7-9-14)17(21)20-15-10-11-16(23-18(15)22)12-4-2-1-3-5-12/h1-11H,(H,20,21). The molecule has 0 spiro atoms. The first-order chi connectivity index (χ1) is 11.1. The van der Waals surface area contributed by atoms with E-state index in [1.807, 2.05) is 30.3 Å². The van der Waals surface area contributed by atoms with Crippen LogP contribution in [0.5, 0.6) is 0 Å². The molecule has 0 atom stereocenters. The molecule has 3 rings (SSSR count). The molecule has 0 saturated heterocycles. The molecule has 1 heterocycles. The van der Waals surface area contributed by atoms with E-state index in [-0.39, 0.29) is 5.69 Å². The molecule has 1 N–H and O–H groups in total. The van der Waals surface area contributed by atoms with Gasteiger partial charge in [-0.25, -0.2) is 4.79 Å². The quantitative estimate of drug-likeness (QED) is 0.784. The Balaban J connectivity index is 1.83. The Hall–Kier alpha value is -2.85. The lowest BCUT2D eigenvalue weighted by Gasteiger charge is -2.05. The minimum Gasteiger partial charge on any atom is -0.421 e. The number of hydrogen-bond acceptors (Lipinski definition) is 3. The van der Waals surface area contributed by atoms with E-state index in [4.69, 9.17) is 16.0 Å². The van der Waals surface area contributed by atoms with E-state index in [1.165, 1.54) is 6.07 Å². The fourth-order valence-electron chi connectivity index (χ4n) is 2.06. The Morgan fingerprint density at radius 1 is 0.913 bits per heavy atom. The molecule has 0 aliphatic carbocycles. The fourth-order valence-corrected chi connectivity index (χ4v) is 2.19. The zero-order valence-corrected chi connectivity index (χ0v) is 12.7.